The molecule has 1 heterocycles. The highest BCUT2D eigenvalue weighted by Gasteiger charge is 2.17. The molecule has 17 heavy (non-hydrogen) atoms. The third-order valence-electron chi connectivity index (χ3n) is 3.43. The first-order valence-corrected chi connectivity index (χ1v) is 6.82. The van der Waals surface area contributed by atoms with Crippen LogP contribution in [-0.2, 0) is 9.47 Å². The lowest BCUT2D eigenvalue weighted by atomic mass is 10.0. The minimum absolute atomic E-state index is 0.687. The van der Waals surface area contributed by atoms with Crippen molar-refractivity contribution >= 4 is 0 Å². The molecule has 1 aliphatic heterocycles. The molecule has 0 amide bonds. The number of hydrogen-bond donors (Lipinski definition) is 1. The van der Waals surface area contributed by atoms with Crippen molar-refractivity contribution in [2.24, 2.45) is 0 Å². The van der Waals surface area contributed by atoms with E-state index >= 15 is 0 Å². The summed E-state index contributed by atoms with van der Waals surface area (Å²) >= 11 is 0. The standard InChI is InChI=1S/C13H28N2O2/c1-15-9-4-3-5-13(15)6-7-14-8-10-17-12-11-16-2/h13-14H,3-12H2,1-2H3. The van der Waals surface area contributed by atoms with E-state index in [1.807, 2.05) is 0 Å². The van der Waals surface area contributed by atoms with Gasteiger partial charge in [0, 0.05) is 19.7 Å². The van der Waals surface area contributed by atoms with Gasteiger partial charge in [-0.25, -0.2) is 0 Å². The van der Waals surface area contributed by atoms with Crippen LogP contribution in [0, 0.1) is 0 Å². The maximum absolute atomic E-state index is 5.39. The summed E-state index contributed by atoms with van der Waals surface area (Å²) in [5, 5.41) is 3.44. The van der Waals surface area contributed by atoms with Gasteiger partial charge in [-0.1, -0.05) is 6.42 Å². The normalized spacial score (nSPS) is 21.9. The molecule has 0 bridgehead atoms. The van der Waals surface area contributed by atoms with Crippen LogP contribution in [0.2, 0.25) is 0 Å². The van der Waals surface area contributed by atoms with Crippen LogP contribution >= 0.6 is 0 Å². The lowest BCUT2D eigenvalue weighted by Crippen LogP contribution is -2.38. The minimum atomic E-state index is 0.687. The second kappa shape index (κ2) is 9.83. The summed E-state index contributed by atoms with van der Waals surface area (Å²) in [6.07, 6.45) is 5.39. The van der Waals surface area contributed by atoms with Crippen molar-refractivity contribution < 1.29 is 9.47 Å². The summed E-state index contributed by atoms with van der Waals surface area (Å²) in [5.74, 6) is 0. The largest absolute Gasteiger partial charge is 0.382 e. The summed E-state index contributed by atoms with van der Waals surface area (Å²) in [4.78, 5) is 2.50. The van der Waals surface area contributed by atoms with Crippen molar-refractivity contribution in [2.75, 3.05) is 53.6 Å². The van der Waals surface area contributed by atoms with Gasteiger partial charge in [-0.3, -0.25) is 0 Å². The van der Waals surface area contributed by atoms with E-state index in [0.717, 1.165) is 25.7 Å². The predicted octanol–water partition coefficient (Wildman–Crippen LogP) is 1.11. The zero-order valence-corrected chi connectivity index (χ0v) is 11.4. The molecule has 0 aliphatic carbocycles. The van der Waals surface area contributed by atoms with Crippen LogP contribution in [0.1, 0.15) is 25.7 Å². The molecule has 0 radical (unpaired) electrons. The quantitative estimate of drug-likeness (QED) is 0.616. The summed E-state index contributed by atoms with van der Waals surface area (Å²) in [6.45, 7) is 5.48. The van der Waals surface area contributed by atoms with E-state index in [0.29, 0.717) is 13.2 Å². The van der Waals surface area contributed by atoms with Gasteiger partial charge < -0.3 is 19.7 Å². The molecule has 0 spiro atoms. The van der Waals surface area contributed by atoms with Crippen LogP contribution in [0.25, 0.3) is 0 Å². The Morgan fingerprint density at radius 2 is 2.06 bits per heavy atom. The molecule has 1 aliphatic rings. The average Bonchev–Trinajstić information content (AvgIpc) is 2.35. The van der Waals surface area contributed by atoms with Crippen LogP contribution in [0.4, 0.5) is 0 Å². The van der Waals surface area contributed by atoms with Crippen molar-refractivity contribution in [3.05, 3.63) is 0 Å². The van der Waals surface area contributed by atoms with Gasteiger partial charge >= 0.3 is 0 Å². The fraction of sp³-hybridized carbons (Fsp3) is 1.00. The van der Waals surface area contributed by atoms with E-state index in [1.165, 1.54) is 32.2 Å². The summed E-state index contributed by atoms with van der Waals surface area (Å²) in [6, 6.07) is 0.783. The predicted molar refractivity (Wildman–Crippen MR) is 70.5 cm³/mol. The molecule has 0 saturated carbocycles. The second-order valence-corrected chi connectivity index (χ2v) is 4.77. The fourth-order valence-electron chi connectivity index (χ4n) is 2.29. The zero-order valence-electron chi connectivity index (χ0n) is 11.4. The average molecular weight is 244 g/mol. The molecule has 1 N–H and O–H groups in total. The zero-order chi connectivity index (χ0) is 12.3. The van der Waals surface area contributed by atoms with Gasteiger partial charge in [-0.2, -0.15) is 0 Å². The van der Waals surface area contributed by atoms with Gasteiger partial charge in [0.2, 0.25) is 0 Å². The number of nitrogens with one attached hydrogen (secondary N) is 1. The number of piperidine rings is 1. The van der Waals surface area contributed by atoms with Crippen LogP contribution in [0.5, 0.6) is 0 Å². The maximum Gasteiger partial charge on any atom is 0.0700 e. The fourth-order valence-corrected chi connectivity index (χ4v) is 2.29. The molecule has 0 aromatic carbocycles. The SMILES string of the molecule is COCCOCCNCCC1CCCCN1C. The molecular weight excluding hydrogens is 216 g/mol. The number of rotatable bonds is 9. The van der Waals surface area contributed by atoms with Gasteiger partial charge in [-0.15, -0.1) is 0 Å². The third kappa shape index (κ3) is 6.99. The molecule has 0 aromatic heterocycles. The first-order chi connectivity index (χ1) is 8.34. The van der Waals surface area contributed by atoms with Crippen LogP contribution in [0.15, 0.2) is 0 Å². The van der Waals surface area contributed by atoms with Gasteiger partial charge in [-0.05, 0) is 39.4 Å². The van der Waals surface area contributed by atoms with E-state index in [1.54, 1.807) is 7.11 Å². The Morgan fingerprint density at radius 3 is 2.82 bits per heavy atom. The number of ether oxygens (including phenoxy) is 2. The Bertz CT molecular complexity index is 179. The van der Waals surface area contributed by atoms with E-state index in [9.17, 15) is 0 Å². The van der Waals surface area contributed by atoms with Crippen molar-refractivity contribution in [1.29, 1.82) is 0 Å². The molecule has 0 aromatic rings. The molecule has 4 nitrogen and oxygen atoms in total. The van der Waals surface area contributed by atoms with Crippen LogP contribution in [0.3, 0.4) is 0 Å². The molecular formula is C13H28N2O2. The number of nitrogens with zero attached hydrogens (tertiary/aromatic N) is 1. The van der Waals surface area contributed by atoms with Gasteiger partial charge in [0.1, 0.15) is 0 Å². The molecule has 1 rings (SSSR count). The molecule has 4 heteroatoms. The van der Waals surface area contributed by atoms with Crippen molar-refractivity contribution in [1.82, 2.24) is 10.2 Å². The lowest BCUT2D eigenvalue weighted by Gasteiger charge is -2.32. The van der Waals surface area contributed by atoms with Crippen LogP contribution in [-0.4, -0.2) is 64.6 Å². The van der Waals surface area contributed by atoms with E-state index in [-0.39, 0.29) is 0 Å². The number of hydrogen-bond acceptors (Lipinski definition) is 4. The Kier molecular flexibility index (Phi) is 8.61. The Balaban J connectivity index is 1.86. The highest BCUT2D eigenvalue weighted by Crippen LogP contribution is 2.16. The topological polar surface area (TPSA) is 33.7 Å². The summed E-state index contributed by atoms with van der Waals surface area (Å²) in [7, 11) is 3.94. The molecule has 1 saturated heterocycles. The molecule has 1 atom stereocenters. The first kappa shape index (κ1) is 14.9. The van der Waals surface area contributed by atoms with Gasteiger partial charge in [0.25, 0.3) is 0 Å². The Labute approximate surface area is 106 Å². The molecule has 1 fully saturated rings. The van der Waals surface area contributed by atoms with E-state index < -0.39 is 0 Å². The van der Waals surface area contributed by atoms with Crippen molar-refractivity contribution in [3.63, 3.8) is 0 Å². The molecule has 102 valence electrons. The van der Waals surface area contributed by atoms with Gasteiger partial charge in [0.15, 0.2) is 0 Å². The van der Waals surface area contributed by atoms with E-state index in [4.69, 9.17) is 9.47 Å². The van der Waals surface area contributed by atoms with Crippen molar-refractivity contribution in [3.8, 4) is 0 Å². The highest BCUT2D eigenvalue weighted by atomic mass is 16.5. The monoisotopic (exact) mass is 244 g/mol. The van der Waals surface area contributed by atoms with Crippen LogP contribution < -0.4 is 5.32 Å². The summed E-state index contributed by atoms with van der Waals surface area (Å²) < 4.78 is 10.3. The number of methoxy groups -OCH3 is 1. The van der Waals surface area contributed by atoms with Crippen molar-refractivity contribution in [2.45, 2.75) is 31.7 Å². The van der Waals surface area contributed by atoms with Gasteiger partial charge in [0.05, 0.1) is 19.8 Å². The second-order valence-electron chi connectivity index (χ2n) is 4.77. The minimum Gasteiger partial charge on any atom is -0.382 e. The first-order valence-electron chi connectivity index (χ1n) is 6.82. The number of likely N-dealkylation sites (tertiary alicyclic amines) is 1. The van der Waals surface area contributed by atoms with E-state index in [2.05, 4.69) is 17.3 Å². The lowest BCUT2D eigenvalue weighted by molar-refractivity contribution is 0.0717. The Morgan fingerprint density at radius 1 is 1.18 bits per heavy atom. The maximum atomic E-state index is 5.39. The smallest absolute Gasteiger partial charge is 0.0700 e. The summed E-state index contributed by atoms with van der Waals surface area (Å²) in [5.41, 5.74) is 0. The Hall–Kier alpha value is -0.160. The third-order valence-corrected chi connectivity index (χ3v) is 3.43. The highest BCUT2D eigenvalue weighted by molar-refractivity contribution is 4.74. The molecule has 1 unspecified atom stereocenters.